The molecule has 2 heterocycles. The van der Waals surface area contributed by atoms with Crippen molar-refractivity contribution < 1.29 is 19.3 Å². The van der Waals surface area contributed by atoms with Crippen molar-refractivity contribution in [3.8, 4) is 22.6 Å². The molecule has 0 aliphatic carbocycles. The number of hydrogen-bond donors (Lipinski definition) is 2. The Hall–Kier alpha value is -1.83. The number of hydrogen-bond acceptors (Lipinski definition) is 6. The second-order valence-corrected chi connectivity index (χ2v) is 6.01. The van der Waals surface area contributed by atoms with Crippen LogP contribution in [0.2, 0.25) is 0 Å². The number of aromatic nitrogens is 1. The summed E-state index contributed by atoms with van der Waals surface area (Å²) in [5, 5.41) is 10.2. The molecular weight excluding hydrogens is 364 g/mol. The predicted octanol–water partition coefficient (Wildman–Crippen LogP) is 2.59. The lowest BCUT2D eigenvalue weighted by Crippen LogP contribution is -2.33. The number of rotatable bonds is 4. The normalized spacial score (nSPS) is 17.9. The van der Waals surface area contributed by atoms with Gasteiger partial charge in [0.1, 0.15) is 18.5 Å². The predicted molar refractivity (Wildman–Crippen MR) is 89.5 cm³/mol. The summed E-state index contributed by atoms with van der Waals surface area (Å²) in [4.78, 5) is 4.09. The molecule has 0 spiro atoms. The first kappa shape index (κ1) is 16.0. The van der Waals surface area contributed by atoms with Gasteiger partial charge in [-0.1, -0.05) is 6.07 Å². The third kappa shape index (κ3) is 3.93. The van der Waals surface area contributed by atoms with Crippen LogP contribution in [0.3, 0.4) is 0 Å². The molecule has 7 heteroatoms. The third-order valence-electron chi connectivity index (χ3n) is 3.47. The summed E-state index contributed by atoms with van der Waals surface area (Å²) in [5.41, 5.74) is 7.35. The lowest BCUT2D eigenvalue weighted by Gasteiger charge is -2.23. The monoisotopic (exact) mass is 380 g/mol. The average molecular weight is 381 g/mol. The van der Waals surface area contributed by atoms with Crippen LogP contribution in [0.4, 0.5) is 5.82 Å². The van der Waals surface area contributed by atoms with E-state index in [2.05, 4.69) is 20.9 Å². The second kappa shape index (κ2) is 7.16. The summed E-state index contributed by atoms with van der Waals surface area (Å²) in [6.45, 7) is 2.02. The quantitative estimate of drug-likeness (QED) is 0.847. The van der Waals surface area contributed by atoms with Crippen LogP contribution in [0.1, 0.15) is 0 Å². The highest BCUT2D eigenvalue weighted by Crippen LogP contribution is 2.33. The van der Waals surface area contributed by atoms with Crippen LogP contribution < -0.4 is 10.5 Å². The first-order chi connectivity index (χ1) is 11.1. The van der Waals surface area contributed by atoms with Crippen LogP contribution >= 0.6 is 15.9 Å². The molecular formula is C16H17BrN2O4. The number of nitrogens with two attached hydrogens (primary N) is 1. The van der Waals surface area contributed by atoms with Gasteiger partial charge in [-0.15, -0.1) is 0 Å². The topological polar surface area (TPSA) is 86.8 Å². The Morgan fingerprint density at radius 2 is 2.17 bits per heavy atom. The molecule has 0 radical (unpaired) electrons. The maximum Gasteiger partial charge on any atom is 0.161 e. The van der Waals surface area contributed by atoms with Crippen molar-refractivity contribution in [2.75, 3.05) is 32.2 Å². The van der Waals surface area contributed by atoms with Gasteiger partial charge in [0.25, 0.3) is 0 Å². The minimum atomic E-state index is -0.111. The molecule has 1 aromatic heterocycles. The Bertz CT molecular complexity index is 690. The number of aromatic hydroxyl groups is 1. The van der Waals surface area contributed by atoms with Gasteiger partial charge in [-0.25, -0.2) is 4.98 Å². The zero-order chi connectivity index (χ0) is 16.2. The summed E-state index contributed by atoms with van der Waals surface area (Å²) in [5.74, 6) is 0.894. The molecule has 0 saturated carbocycles. The minimum Gasteiger partial charge on any atom is -0.504 e. The lowest BCUT2D eigenvalue weighted by molar-refractivity contribution is -0.101. The Kier molecular flexibility index (Phi) is 5.00. The van der Waals surface area contributed by atoms with Crippen molar-refractivity contribution in [3.63, 3.8) is 0 Å². The fraction of sp³-hybridized carbons (Fsp3) is 0.312. The third-order valence-corrected chi connectivity index (χ3v) is 4.11. The van der Waals surface area contributed by atoms with Gasteiger partial charge < -0.3 is 25.1 Å². The van der Waals surface area contributed by atoms with Crippen LogP contribution in [0, 0.1) is 0 Å². The maximum absolute atomic E-state index is 10.2. The fourth-order valence-corrected chi connectivity index (χ4v) is 2.59. The molecule has 3 N–H and O–H groups in total. The van der Waals surface area contributed by atoms with Crippen molar-refractivity contribution >= 4 is 21.7 Å². The molecule has 1 atom stereocenters. The molecule has 0 unspecified atom stereocenters. The van der Waals surface area contributed by atoms with Gasteiger partial charge in [0.15, 0.2) is 11.5 Å². The number of nitrogens with zero attached hydrogens (tertiary/aromatic N) is 1. The van der Waals surface area contributed by atoms with Gasteiger partial charge in [-0.05, 0) is 39.7 Å². The molecule has 1 saturated heterocycles. The van der Waals surface area contributed by atoms with Crippen molar-refractivity contribution in [1.82, 2.24) is 4.98 Å². The Morgan fingerprint density at radius 3 is 2.87 bits per heavy atom. The van der Waals surface area contributed by atoms with E-state index in [1.807, 2.05) is 12.1 Å². The molecule has 122 valence electrons. The van der Waals surface area contributed by atoms with Gasteiger partial charge in [-0.2, -0.15) is 0 Å². The number of ether oxygens (including phenoxy) is 3. The molecule has 1 fully saturated rings. The van der Waals surface area contributed by atoms with Gasteiger partial charge >= 0.3 is 0 Å². The molecule has 2 aromatic rings. The summed E-state index contributed by atoms with van der Waals surface area (Å²) in [6.07, 6.45) is 1.54. The Labute approximate surface area is 142 Å². The van der Waals surface area contributed by atoms with Crippen molar-refractivity contribution in [1.29, 1.82) is 0 Å². The Balaban J connectivity index is 1.71. The SMILES string of the molecule is Nc1ncc(-c2ccc(OC[C@H]3COCCO3)c(O)c2)cc1Br. The maximum atomic E-state index is 10.2. The summed E-state index contributed by atoms with van der Waals surface area (Å²) in [6, 6.07) is 7.06. The first-order valence-electron chi connectivity index (χ1n) is 7.20. The molecule has 1 aliphatic heterocycles. The number of phenolic OH excluding ortho intramolecular Hbond substituents is 1. The van der Waals surface area contributed by atoms with E-state index in [0.29, 0.717) is 42.5 Å². The smallest absolute Gasteiger partial charge is 0.161 e. The van der Waals surface area contributed by atoms with Gasteiger partial charge in [0.2, 0.25) is 0 Å². The zero-order valence-electron chi connectivity index (χ0n) is 12.4. The molecule has 3 rings (SSSR count). The number of pyridine rings is 1. The van der Waals surface area contributed by atoms with Crippen LogP contribution in [0.25, 0.3) is 11.1 Å². The highest BCUT2D eigenvalue weighted by atomic mass is 79.9. The fourth-order valence-electron chi connectivity index (χ4n) is 2.24. The number of nitrogen functional groups attached to an aromatic ring is 1. The molecule has 6 nitrogen and oxygen atoms in total. The van der Waals surface area contributed by atoms with Crippen molar-refractivity contribution in [3.05, 3.63) is 34.9 Å². The van der Waals surface area contributed by atoms with E-state index < -0.39 is 0 Å². The number of benzene rings is 1. The van der Waals surface area contributed by atoms with Crippen LogP contribution in [0.15, 0.2) is 34.9 Å². The molecule has 1 aromatic carbocycles. The second-order valence-electron chi connectivity index (χ2n) is 5.15. The Morgan fingerprint density at radius 1 is 1.30 bits per heavy atom. The van der Waals surface area contributed by atoms with Crippen LogP contribution in [-0.4, -0.2) is 42.6 Å². The minimum absolute atomic E-state index is 0.0622. The number of anilines is 1. The summed E-state index contributed by atoms with van der Waals surface area (Å²) >= 11 is 3.34. The van der Waals surface area contributed by atoms with Crippen molar-refractivity contribution in [2.24, 2.45) is 0 Å². The number of halogens is 1. The summed E-state index contributed by atoms with van der Waals surface area (Å²) < 4.78 is 17.1. The standard InChI is InChI=1S/C16H17BrN2O4/c17-13-5-11(7-19-16(13)18)10-1-2-15(14(20)6-10)23-9-12-8-21-3-4-22-12/h1-2,5-7,12,20H,3-4,8-9H2,(H2,18,19)/t12-/m1/s1. The van der Waals surface area contributed by atoms with Crippen LogP contribution in [-0.2, 0) is 9.47 Å². The van der Waals surface area contributed by atoms with E-state index in [9.17, 15) is 5.11 Å². The first-order valence-corrected chi connectivity index (χ1v) is 7.99. The van der Waals surface area contributed by atoms with Crippen molar-refractivity contribution in [2.45, 2.75) is 6.10 Å². The number of phenols is 1. The van der Waals surface area contributed by atoms with Gasteiger partial charge in [0, 0.05) is 11.8 Å². The largest absolute Gasteiger partial charge is 0.504 e. The van der Waals surface area contributed by atoms with E-state index in [1.165, 1.54) is 0 Å². The van der Waals surface area contributed by atoms with E-state index in [4.69, 9.17) is 19.9 Å². The van der Waals surface area contributed by atoms with E-state index in [1.54, 1.807) is 18.3 Å². The van der Waals surface area contributed by atoms with Gasteiger partial charge in [0.05, 0.1) is 24.3 Å². The highest BCUT2D eigenvalue weighted by Gasteiger charge is 2.16. The molecule has 0 bridgehead atoms. The summed E-state index contributed by atoms with van der Waals surface area (Å²) in [7, 11) is 0. The highest BCUT2D eigenvalue weighted by molar-refractivity contribution is 9.10. The van der Waals surface area contributed by atoms with E-state index >= 15 is 0 Å². The average Bonchev–Trinajstić information content (AvgIpc) is 2.57. The van der Waals surface area contributed by atoms with E-state index in [-0.39, 0.29) is 11.9 Å². The molecule has 1 aliphatic rings. The zero-order valence-corrected chi connectivity index (χ0v) is 14.0. The molecule has 23 heavy (non-hydrogen) atoms. The molecule has 0 amide bonds. The van der Waals surface area contributed by atoms with Crippen LogP contribution in [0.5, 0.6) is 11.5 Å². The van der Waals surface area contributed by atoms with Gasteiger partial charge in [-0.3, -0.25) is 0 Å². The van der Waals surface area contributed by atoms with E-state index in [0.717, 1.165) is 11.1 Å². The lowest BCUT2D eigenvalue weighted by atomic mass is 10.1.